The van der Waals surface area contributed by atoms with Crippen LogP contribution in [0.15, 0.2) is 36.7 Å². The third-order valence-corrected chi connectivity index (χ3v) is 8.18. The quantitative estimate of drug-likeness (QED) is 0.202. The number of hydrogen-bond acceptors (Lipinski definition) is 4. The Kier molecular flexibility index (Phi) is 12.9. The highest BCUT2D eigenvalue weighted by atomic mass is 16.5. The summed E-state index contributed by atoms with van der Waals surface area (Å²) in [6.07, 6.45) is 24.5. The fraction of sp³-hybridized carbons (Fsp3) is 0.667. The van der Waals surface area contributed by atoms with Crippen LogP contribution in [0.5, 0.6) is 5.75 Å². The van der Waals surface area contributed by atoms with Gasteiger partial charge in [-0.25, -0.2) is 9.97 Å². The number of hydrogen-bond donors (Lipinski definition) is 0. The van der Waals surface area contributed by atoms with Gasteiger partial charge in [-0.3, -0.25) is 0 Å². The minimum Gasteiger partial charge on any atom is -0.493 e. The van der Waals surface area contributed by atoms with Crippen molar-refractivity contribution in [3.63, 3.8) is 0 Å². The molecule has 0 aliphatic heterocycles. The maximum atomic E-state index is 9.89. The fourth-order valence-corrected chi connectivity index (χ4v) is 5.54. The first-order chi connectivity index (χ1) is 18.2. The van der Waals surface area contributed by atoms with Gasteiger partial charge < -0.3 is 4.74 Å². The predicted octanol–water partition coefficient (Wildman–Crippen LogP) is 9.49. The Hall–Kier alpha value is -2.41. The molecule has 0 radical (unpaired) electrons. The van der Waals surface area contributed by atoms with E-state index in [9.17, 15) is 5.26 Å². The minimum absolute atomic E-state index is 0.0898. The molecule has 202 valence electrons. The first-order valence-corrected chi connectivity index (χ1v) is 15.1. The summed E-state index contributed by atoms with van der Waals surface area (Å²) in [7, 11) is 0. The molecule has 4 nitrogen and oxygen atoms in total. The highest BCUT2D eigenvalue weighted by Crippen LogP contribution is 2.42. The van der Waals surface area contributed by atoms with E-state index in [2.05, 4.69) is 42.0 Å². The van der Waals surface area contributed by atoms with Crippen molar-refractivity contribution in [2.75, 3.05) is 6.61 Å². The Balaban J connectivity index is 1.37. The summed E-state index contributed by atoms with van der Waals surface area (Å²) in [6.45, 7) is 5.24. The largest absolute Gasteiger partial charge is 0.493 e. The molecule has 0 atom stereocenters. The Morgan fingerprint density at radius 3 is 2.05 bits per heavy atom. The predicted molar refractivity (Wildman–Crippen MR) is 153 cm³/mol. The van der Waals surface area contributed by atoms with Crippen molar-refractivity contribution in [3.05, 3.63) is 42.2 Å². The highest BCUT2D eigenvalue weighted by molar-refractivity contribution is 5.55. The lowest BCUT2D eigenvalue weighted by molar-refractivity contribution is 0.144. The second-order valence-corrected chi connectivity index (χ2v) is 11.3. The minimum atomic E-state index is -0.0898. The number of rotatable bonds is 17. The molecule has 2 aromatic rings. The van der Waals surface area contributed by atoms with Gasteiger partial charge in [0, 0.05) is 18.0 Å². The van der Waals surface area contributed by atoms with Crippen molar-refractivity contribution in [1.29, 1.82) is 5.26 Å². The number of nitrogens with zero attached hydrogens (tertiary/aromatic N) is 3. The van der Waals surface area contributed by atoms with E-state index in [1.54, 1.807) is 0 Å². The number of unbranched alkanes of at least 4 members (excludes halogenated alkanes) is 9. The molecular weight excluding hydrogens is 454 g/mol. The van der Waals surface area contributed by atoms with Gasteiger partial charge in [-0.1, -0.05) is 78.1 Å². The van der Waals surface area contributed by atoms with E-state index in [1.165, 1.54) is 76.2 Å². The number of nitriles is 1. The van der Waals surface area contributed by atoms with Gasteiger partial charge in [0.05, 0.1) is 18.1 Å². The first-order valence-electron chi connectivity index (χ1n) is 15.1. The molecule has 0 amide bonds. The summed E-state index contributed by atoms with van der Waals surface area (Å²) in [5.41, 5.74) is 2.15. The van der Waals surface area contributed by atoms with Crippen molar-refractivity contribution in [2.45, 2.75) is 123 Å². The normalized spacial score (nSPS) is 19.4. The monoisotopic (exact) mass is 503 g/mol. The summed E-state index contributed by atoms with van der Waals surface area (Å²) in [4.78, 5) is 9.19. The van der Waals surface area contributed by atoms with Crippen LogP contribution in [0.2, 0.25) is 0 Å². The SMILES string of the molecule is CCCCCCCC[C@]1(C#N)CC[C@H](COc2ccc(-c3ncc(CCCCCCC)cn3)cc2)CC1. The molecular formula is C33H49N3O. The first kappa shape index (κ1) is 29.2. The molecule has 1 aliphatic carbocycles. The van der Waals surface area contributed by atoms with E-state index >= 15 is 0 Å². The zero-order chi connectivity index (χ0) is 26.2. The van der Waals surface area contributed by atoms with Gasteiger partial charge in [0.15, 0.2) is 5.82 Å². The van der Waals surface area contributed by atoms with Crippen LogP contribution in [0, 0.1) is 22.7 Å². The lowest BCUT2D eigenvalue weighted by Gasteiger charge is -2.35. The maximum absolute atomic E-state index is 9.89. The molecule has 1 aromatic carbocycles. The summed E-state index contributed by atoms with van der Waals surface area (Å²) in [5.74, 6) is 2.21. The summed E-state index contributed by atoms with van der Waals surface area (Å²) in [6, 6.07) is 10.9. The van der Waals surface area contributed by atoms with Gasteiger partial charge in [-0.05, 0) is 80.7 Å². The molecule has 1 aliphatic rings. The molecule has 1 aromatic heterocycles. The van der Waals surface area contributed by atoms with Crippen LogP contribution in [0.4, 0.5) is 0 Å². The number of aromatic nitrogens is 2. The molecule has 1 heterocycles. The van der Waals surface area contributed by atoms with Gasteiger partial charge >= 0.3 is 0 Å². The molecule has 3 rings (SSSR count). The number of aryl methyl sites for hydroxylation is 1. The number of benzene rings is 1. The second kappa shape index (κ2) is 16.4. The van der Waals surface area contributed by atoms with Crippen molar-refractivity contribution < 1.29 is 4.74 Å². The van der Waals surface area contributed by atoms with Gasteiger partial charge in [-0.15, -0.1) is 0 Å². The topological polar surface area (TPSA) is 58.8 Å². The molecule has 0 unspecified atom stereocenters. The molecule has 4 heteroatoms. The fourth-order valence-electron chi connectivity index (χ4n) is 5.54. The van der Waals surface area contributed by atoms with E-state index in [-0.39, 0.29) is 5.41 Å². The summed E-state index contributed by atoms with van der Waals surface area (Å²) in [5, 5.41) is 9.89. The van der Waals surface area contributed by atoms with Crippen molar-refractivity contribution in [2.24, 2.45) is 11.3 Å². The molecule has 0 saturated heterocycles. The summed E-state index contributed by atoms with van der Waals surface area (Å²) < 4.78 is 6.14. The van der Waals surface area contributed by atoms with Crippen molar-refractivity contribution in [3.8, 4) is 23.2 Å². The molecule has 1 fully saturated rings. The van der Waals surface area contributed by atoms with Crippen LogP contribution >= 0.6 is 0 Å². The Morgan fingerprint density at radius 2 is 1.43 bits per heavy atom. The van der Waals surface area contributed by atoms with Crippen molar-refractivity contribution in [1.82, 2.24) is 9.97 Å². The van der Waals surface area contributed by atoms with Crippen LogP contribution in [0.25, 0.3) is 11.4 Å². The van der Waals surface area contributed by atoms with Gasteiger partial charge in [0.2, 0.25) is 0 Å². The third-order valence-electron chi connectivity index (χ3n) is 8.18. The van der Waals surface area contributed by atoms with E-state index in [4.69, 9.17) is 4.74 Å². The van der Waals surface area contributed by atoms with Gasteiger partial charge in [0.1, 0.15) is 5.75 Å². The maximum Gasteiger partial charge on any atom is 0.159 e. The van der Waals surface area contributed by atoms with E-state index in [0.717, 1.165) is 62.3 Å². The number of ether oxygens (including phenoxy) is 1. The standard InChI is InChI=1S/C33H49N3O/c1-3-5-7-9-11-13-21-33(27-34)22-19-28(20-23-33)26-37-31-17-15-30(16-18-31)32-35-24-29(25-36-32)14-12-10-8-6-4-2/h15-18,24-25,28H,3-14,19-23,26H2,1-2H3/t28-,33-. The smallest absolute Gasteiger partial charge is 0.159 e. The zero-order valence-electron chi connectivity index (χ0n) is 23.5. The molecule has 1 saturated carbocycles. The third kappa shape index (κ3) is 10.1. The Morgan fingerprint density at radius 1 is 0.838 bits per heavy atom. The van der Waals surface area contributed by atoms with Crippen LogP contribution < -0.4 is 4.74 Å². The van der Waals surface area contributed by atoms with Crippen LogP contribution in [-0.4, -0.2) is 16.6 Å². The highest BCUT2D eigenvalue weighted by Gasteiger charge is 2.35. The molecule has 37 heavy (non-hydrogen) atoms. The average molecular weight is 504 g/mol. The van der Waals surface area contributed by atoms with E-state index < -0.39 is 0 Å². The zero-order valence-corrected chi connectivity index (χ0v) is 23.5. The van der Waals surface area contributed by atoms with Gasteiger partial charge in [0.25, 0.3) is 0 Å². The molecule has 0 N–H and O–H groups in total. The molecule has 0 bridgehead atoms. The Bertz CT molecular complexity index is 908. The van der Waals surface area contributed by atoms with E-state index in [1.807, 2.05) is 24.5 Å². The van der Waals surface area contributed by atoms with Crippen LogP contribution in [0.1, 0.15) is 122 Å². The average Bonchev–Trinajstić information content (AvgIpc) is 2.95. The second-order valence-electron chi connectivity index (χ2n) is 11.3. The van der Waals surface area contributed by atoms with Crippen LogP contribution in [0.3, 0.4) is 0 Å². The van der Waals surface area contributed by atoms with Gasteiger partial charge in [-0.2, -0.15) is 5.26 Å². The lowest BCUT2D eigenvalue weighted by atomic mass is 9.69. The molecule has 0 spiro atoms. The lowest BCUT2D eigenvalue weighted by Crippen LogP contribution is -2.28. The van der Waals surface area contributed by atoms with Crippen molar-refractivity contribution >= 4 is 0 Å². The van der Waals surface area contributed by atoms with Crippen LogP contribution in [-0.2, 0) is 6.42 Å². The summed E-state index contributed by atoms with van der Waals surface area (Å²) >= 11 is 0. The Labute approximate surface area is 226 Å². The van der Waals surface area contributed by atoms with E-state index in [0.29, 0.717) is 5.92 Å².